The molecule has 1 rings (SSSR count). The van der Waals surface area contributed by atoms with Gasteiger partial charge in [0.15, 0.2) is 6.29 Å². The monoisotopic (exact) mass is 450 g/mol. The van der Waals surface area contributed by atoms with E-state index in [1.165, 1.54) is 13.8 Å². The summed E-state index contributed by atoms with van der Waals surface area (Å²) in [6.45, 7) is 2.01. The number of aliphatic hydroxyl groups excluding tert-OH is 3. The van der Waals surface area contributed by atoms with E-state index in [2.05, 4.69) is 10.6 Å². The fourth-order valence-electron chi connectivity index (χ4n) is 2.82. The van der Waals surface area contributed by atoms with Crippen molar-refractivity contribution < 1.29 is 49.1 Å². The Balaban J connectivity index is 2.66. The van der Waals surface area contributed by atoms with Crippen LogP contribution in [0.2, 0.25) is 0 Å². The molecule has 1 saturated heterocycles. The molecule has 1 aliphatic rings. The number of primary amides is 1. The van der Waals surface area contributed by atoms with Gasteiger partial charge in [-0.15, -0.1) is 0 Å². The molecule has 31 heavy (non-hydrogen) atoms. The third-order valence-corrected chi connectivity index (χ3v) is 4.71. The summed E-state index contributed by atoms with van der Waals surface area (Å²) in [4.78, 5) is 46.6. The summed E-state index contributed by atoms with van der Waals surface area (Å²) >= 11 is 0. The number of carbonyl (C=O) groups is 4. The minimum absolute atomic E-state index is 0.218. The molecule has 0 aromatic rings. The Hall–Kier alpha value is -2.36. The van der Waals surface area contributed by atoms with Gasteiger partial charge in [-0.1, -0.05) is 0 Å². The number of aliphatic carboxylic acids is 1. The highest BCUT2D eigenvalue weighted by Gasteiger charge is 2.44. The molecule has 0 bridgehead atoms. The number of nitrogens with one attached hydrogen (secondary N) is 2. The minimum atomic E-state index is -1.54. The Morgan fingerprint density at radius 1 is 1.13 bits per heavy atom. The van der Waals surface area contributed by atoms with Crippen LogP contribution in [0.4, 0.5) is 0 Å². The molecule has 14 nitrogen and oxygen atoms in total. The lowest BCUT2D eigenvalue weighted by Crippen LogP contribution is -2.64. The maximum absolute atomic E-state index is 12.4. The van der Waals surface area contributed by atoms with Crippen LogP contribution in [-0.2, 0) is 28.7 Å². The molecule has 0 aromatic heterocycles. The fourth-order valence-corrected chi connectivity index (χ4v) is 2.82. The maximum Gasteiger partial charge on any atom is 0.303 e. The average molecular weight is 450 g/mol. The molecule has 1 fully saturated rings. The van der Waals surface area contributed by atoms with Crippen molar-refractivity contribution in [1.82, 2.24) is 10.6 Å². The van der Waals surface area contributed by atoms with Gasteiger partial charge in [-0.05, 0) is 20.3 Å². The second-order valence-corrected chi connectivity index (χ2v) is 7.18. The van der Waals surface area contributed by atoms with Gasteiger partial charge in [-0.2, -0.15) is 0 Å². The zero-order chi connectivity index (χ0) is 23.9. The molecule has 8 atom stereocenters. The van der Waals surface area contributed by atoms with Crippen molar-refractivity contribution >= 4 is 23.7 Å². The highest BCUT2D eigenvalue weighted by Crippen LogP contribution is 2.22. The van der Waals surface area contributed by atoms with E-state index in [0.29, 0.717) is 0 Å². The van der Waals surface area contributed by atoms with Crippen molar-refractivity contribution in [3.05, 3.63) is 0 Å². The molecule has 2 unspecified atom stereocenters. The second kappa shape index (κ2) is 11.9. The van der Waals surface area contributed by atoms with Crippen molar-refractivity contribution in [2.75, 3.05) is 6.61 Å². The smallest absolute Gasteiger partial charge is 0.303 e. The van der Waals surface area contributed by atoms with Crippen LogP contribution >= 0.6 is 0 Å². The highest BCUT2D eigenvalue weighted by atomic mass is 16.6. The molecule has 10 N–H and O–H groups in total. The van der Waals surface area contributed by atoms with Gasteiger partial charge in [0.1, 0.15) is 36.5 Å². The third kappa shape index (κ3) is 7.68. The number of aliphatic hydroxyl groups is 3. The summed E-state index contributed by atoms with van der Waals surface area (Å²) < 4.78 is 10.4. The first kappa shape index (κ1) is 26.7. The summed E-state index contributed by atoms with van der Waals surface area (Å²) in [5.74, 6) is -3.66. The van der Waals surface area contributed by atoms with E-state index in [4.69, 9.17) is 26.0 Å². The largest absolute Gasteiger partial charge is 0.481 e. The predicted molar refractivity (Wildman–Crippen MR) is 102 cm³/mol. The number of hydrogen-bond acceptors (Lipinski definition) is 10. The van der Waals surface area contributed by atoms with Crippen molar-refractivity contribution in [3.63, 3.8) is 0 Å². The number of ether oxygens (including phenoxy) is 2. The van der Waals surface area contributed by atoms with Crippen molar-refractivity contribution in [2.45, 2.75) is 75.5 Å². The Labute approximate surface area is 177 Å². The number of carboxylic acids is 1. The van der Waals surface area contributed by atoms with Gasteiger partial charge < -0.3 is 52.0 Å². The first-order valence-corrected chi connectivity index (χ1v) is 9.54. The number of carboxylic acid groups (broad SMARTS) is 1. The second-order valence-electron chi connectivity index (χ2n) is 7.18. The van der Waals surface area contributed by atoms with E-state index < -0.39 is 85.5 Å². The molecule has 0 spiro atoms. The summed E-state index contributed by atoms with van der Waals surface area (Å²) in [6, 6.07) is -3.59. The number of amides is 3. The quantitative estimate of drug-likeness (QED) is 0.149. The Kier molecular flexibility index (Phi) is 10.2. The number of hydrogen-bond donors (Lipinski definition) is 8. The van der Waals surface area contributed by atoms with Gasteiger partial charge >= 0.3 is 5.97 Å². The summed E-state index contributed by atoms with van der Waals surface area (Å²) in [7, 11) is 0. The minimum Gasteiger partial charge on any atom is -0.481 e. The molecular weight excluding hydrogens is 420 g/mol. The van der Waals surface area contributed by atoms with Crippen molar-refractivity contribution in [3.8, 4) is 0 Å². The van der Waals surface area contributed by atoms with Crippen LogP contribution in [0.15, 0.2) is 0 Å². The fraction of sp³-hybridized carbons (Fsp3) is 0.765. The van der Waals surface area contributed by atoms with Crippen LogP contribution in [0.1, 0.15) is 26.7 Å². The summed E-state index contributed by atoms with van der Waals surface area (Å²) in [5.41, 5.74) is 10.9. The lowest BCUT2D eigenvalue weighted by Gasteiger charge is -2.41. The lowest BCUT2D eigenvalue weighted by molar-refractivity contribution is -0.261. The first-order chi connectivity index (χ1) is 14.4. The maximum atomic E-state index is 12.4. The zero-order valence-electron chi connectivity index (χ0n) is 17.1. The van der Waals surface area contributed by atoms with Gasteiger partial charge in [0.25, 0.3) is 0 Å². The van der Waals surface area contributed by atoms with E-state index in [1.54, 1.807) is 0 Å². The van der Waals surface area contributed by atoms with E-state index >= 15 is 0 Å². The SMILES string of the molecule is C[C@H](NC(=O)[C@@H](C)O[C@H]1C(O)C(CO)O[C@@H](O)[C@H]1N)C(=O)N[C@H](CCC(=O)O)C(N)=O. The van der Waals surface area contributed by atoms with Gasteiger partial charge in [-0.3, -0.25) is 19.2 Å². The topological polar surface area (TPSA) is 244 Å². The first-order valence-electron chi connectivity index (χ1n) is 9.54. The van der Waals surface area contributed by atoms with Gasteiger partial charge in [-0.25, -0.2) is 0 Å². The van der Waals surface area contributed by atoms with Crippen LogP contribution in [0.5, 0.6) is 0 Å². The van der Waals surface area contributed by atoms with Crippen LogP contribution in [0, 0.1) is 0 Å². The van der Waals surface area contributed by atoms with Crippen molar-refractivity contribution in [2.24, 2.45) is 11.5 Å². The molecule has 0 radical (unpaired) electrons. The molecule has 14 heteroatoms. The highest BCUT2D eigenvalue weighted by molar-refractivity contribution is 5.92. The van der Waals surface area contributed by atoms with E-state index in [9.17, 15) is 34.5 Å². The van der Waals surface area contributed by atoms with Crippen LogP contribution in [0.3, 0.4) is 0 Å². The number of carbonyl (C=O) groups excluding carboxylic acids is 3. The van der Waals surface area contributed by atoms with E-state index in [-0.39, 0.29) is 6.42 Å². The molecular formula is C17H30N4O10. The molecule has 0 saturated carbocycles. The standard InChI is InChI=1S/C17H30N4O10/c1-6(15(27)21-8(14(19)26)3-4-10(23)24)20-16(28)7(2)30-13-11(18)17(29)31-9(5-22)12(13)25/h6-9,11-13,17,22,25,29H,3-5,18H2,1-2H3,(H2,19,26)(H,20,28)(H,21,27)(H,23,24)/t6-,7+,8+,9?,11-,12?,13+,17+/m0/s1. The molecule has 0 aromatic carbocycles. The molecule has 1 heterocycles. The summed E-state index contributed by atoms with van der Waals surface area (Å²) in [6.07, 6.45) is -7.23. The predicted octanol–water partition coefficient (Wildman–Crippen LogP) is -4.50. The molecule has 0 aliphatic carbocycles. The van der Waals surface area contributed by atoms with E-state index in [1.807, 2.05) is 0 Å². The lowest BCUT2D eigenvalue weighted by atomic mass is 9.97. The Morgan fingerprint density at radius 3 is 2.26 bits per heavy atom. The molecule has 1 aliphatic heterocycles. The molecule has 3 amide bonds. The number of nitrogens with two attached hydrogens (primary N) is 2. The Bertz CT molecular complexity index is 663. The third-order valence-electron chi connectivity index (χ3n) is 4.71. The van der Waals surface area contributed by atoms with Gasteiger partial charge in [0.05, 0.1) is 12.6 Å². The normalized spacial score (nSPS) is 28.8. The zero-order valence-corrected chi connectivity index (χ0v) is 17.1. The van der Waals surface area contributed by atoms with Gasteiger partial charge in [0.2, 0.25) is 17.7 Å². The van der Waals surface area contributed by atoms with Crippen LogP contribution < -0.4 is 22.1 Å². The van der Waals surface area contributed by atoms with Crippen LogP contribution in [-0.4, -0.2) is 99.6 Å². The Morgan fingerprint density at radius 2 is 1.74 bits per heavy atom. The van der Waals surface area contributed by atoms with Crippen molar-refractivity contribution in [1.29, 1.82) is 0 Å². The summed E-state index contributed by atoms with van der Waals surface area (Å²) in [5, 5.41) is 42.4. The average Bonchev–Trinajstić information content (AvgIpc) is 2.69. The number of rotatable bonds is 11. The van der Waals surface area contributed by atoms with Gasteiger partial charge in [0, 0.05) is 6.42 Å². The van der Waals surface area contributed by atoms with Crippen LogP contribution in [0.25, 0.3) is 0 Å². The molecule has 178 valence electrons. The van der Waals surface area contributed by atoms with E-state index in [0.717, 1.165) is 0 Å².